The van der Waals surface area contributed by atoms with E-state index in [1.165, 1.54) is 16.3 Å². The Bertz CT molecular complexity index is 1160. The Labute approximate surface area is 158 Å². The fraction of sp³-hybridized carbons (Fsp3) is 0. The molecule has 1 nitrogen and oxygen atoms in total. The summed E-state index contributed by atoms with van der Waals surface area (Å²) < 4.78 is 4.39. The highest BCUT2D eigenvalue weighted by Gasteiger charge is 2.21. The molecule has 0 radical (unpaired) electrons. The Morgan fingerprint density at radius 1 is 0.696 bits per heavy atom. The third-order valence-electron chi connectivity index (χ3n) is 4.37. The minimum atomic E-state index is 0.741. The van der Waals surface area contributed by atoms with Crippen molar-refractivity contribution in [2.24, 2.45) is 0 Å². The predicted molar refractivity (Wildman–Crippen MR) is 107 cm³/mol. The number of halogens is 4. The molecule has 5 heteroatoms. The van der Waals surface area contributed by atoms with E-state index in [4.69, 9.17) is 23.2 Å². The van der Waals surface area contributed by atoms with Crippen LogP contribution in [-0.2, 0) is 0 Å². The first-order chi connectivity index (χ1) is 11.1. The maximum Gasteiger partial charge on any atom is 0.0643 e. The monoisotopic (exact) mass is 465 g/mol. The lowest BCUT2D eigenvalue weighted by molar-refractivity contribution is 1.37. The van der Waals surface area contributed by atoms with Crippen molar-refractivity contribution in [3.63, 3.8) is 0 Å². The molecule has 5 rings (SSSR count). The van der Waals surface area contributed by atoms with Crippen LogP contribution in [0.2, 0.25) is 10.0 Å². The molecule has 0 fully saturated rings. The van der Waals surface area contributed by atoms with Gasteiger partial charge in [0.1, 0.15) is 0 Å². The highest BCUT2D eigenvalue weighted by atomic mass is 79.9. The van der Waals surface area contributed by atoms with Gasteiger partial charge in [-0.15, -0.1) is 0 Å². The summed E-state index contributed by atoms with van der Waals surface area (Å²) in [4.78, 5) is 0. The second-order valence-corrected chi connectivity index (χ2v) is 8.18. The van der Waals surface area contributed by atoms with Gasteiger partial charge in [0.25, 0.3) is 0 Å². The minimum absolute atomic E-state index is 0.741. The minimum Gasteiger partial charge on any atom is -0.308 e. The summed E-state index contributed by atoms with van der Waals surface area (Å²) >= 11 is 19.9. The van der Waals surface area contributed by atoms with Gasteiger partial charge in [0, 0.05) is 40.5 Å². The summed E-state index contributed by atoms with van der Waals surface area (Å²) in [6.45, 7) is 0. The van der Waals surface area contributed by atoms with Gasteiger partial charge in [-0.1, -0.05) is 55.1 Å². The first-order valence-electron chi connectivity index (χ1n) is 6.98. The fourth-order valence-electron chi connectivity index (χ4n) is 3.52. The molecule has 0 aliphatic carbocycles. The van der Waals surface area contributed by atoms with Crippen LogP contribution in [0, 0.1) is 0 Å². The maximum atomic E-state index is 6.24. The van der Waals surface area contributed by atoms with Crippen molar-refractivity contribution in [3.05, 3.63) is 61.5 Å². The molecular weight excluding hydrogens is 461 g/mol. The van der Waals surface area contributed by atoms with Crippen molar-refractivity contribution in [1.29, 1.82) is 0 Å². The van der Waals surface area contributed by atoms with Crippen LogP contribution in [0.4, 0.5) is 0 Å². The molecule has 0 aliphatic heterocycles. The molecule has 112 valence electrons. The van der Waals surface area contributed by atoms with Crippen LogP contribution in [0.15, 0.2) is 51.4 Å². The summed E-state index contributed by atoms with van der Waals surface area (Å²) in [6, 6.07) is 14.2. The number of hydrogen-bond acceptors (Lipinski definition) is 0. The van der Waals surface area contributed by atoms with E-state index >= 15 is 0 Å². The maximum absolute atomic E-state index is 6.24. The topological polar surface area (TPSA) is 4.41 Å². The molecule has 0 spiro atoms. The SMILES string of the molecule is Clc1ccc2c(c1)c1c(Br)cc(Br)c3c4cc(Cl)ccc4n2c13. The molecule has 5 aromatic rings. The molecule has 0 saturated carbocycles. The molecule has 23 heavy (non-hydrogen) atoms. The van der Waals surface area contributed by atoms with Gasteiger partial charge >= 0.3 is 0 Å². The second kappa shape index (κ2) is 4.76. The summed E-state index contributed by atoms with van der Waals surface area (Å²) in [5.41, 5.74) is 3.47. The molecular formula is C18H7Br2Cl2N. The molecule has 3 aromatic carbocycles. The zero-order valence-electron chi connectivity index (χ0n) is 11.5. The largest absolute Gasteiger partial charge is 0.308 e. The molecule has 0 atom stereocenters. The Hall–Kier alpha value is -1.00. The van der Waals surface area contributed by atoms with Crippen LogP contribution in [-0.4, -0.2) is 4.40 Å². The van der Waals surface area contributed by atoms with Gasteiger partial charge in [0.05, 0.1) is 16.6 Å². The summed E-state index contributed by atoms with van der Waals surface area (Å²) in [5.74, 6) is 0. The molecule has 0 N–H and O–H groups in total. The first-order valence-corrected chi connectivity index (χ1v) is 9.32. The van der Waals surface area contributed by atoms with E-state index in [0.717, 1.165) is 40.8 Å². The number of fused-ring (bicyclic) bond motifs is 6. The van der Waals surface area contributed by atoms with Crippen LogP contribution in [0.1, 0.15) is 0 Å². The highest BCUT2D eigenvalue weighted by molar-refractivity contribution is 9.11. The number of hydrogen-bond donors (Lipinski definition) is 0. The van der Waals surface area contributed by atoms with E-state index in [1.54, 1.807) is 0 Å². The van der Waals surface area contributed by atoms with Gasteiger partial charge in [-0.2, -0.15) is 0 Å². The van der Waals surface area contributed by atoms with E-state index in [-0.39, 0.29) is 0 Å². The van der Waals surface area contributed by atoms with Gasteiger partial charge in [0.15, 0.2) is 0 Å². The van der Waals surface area contributed by atoms with Crippen molar-refractivity contribution in [1.82, 2.24) is 4.40 Å². The molecule has 0 amide bonds. The van der Waals surface area contributed by atoms with Crippen LogP contribution in [0.5, 0.6) is 0 Å². The predicted octanol–water partition coefficient (Wildman–Crippen LogP) is 7.67. The highest BCUT2D eigenvalue weighted by Crippen LogP contribution is 2.46. The molecule has 2 heterocycles. The summed E-state index contributed by atoms with van der Waals surface area (Å²) in [5, 5.41) is 6.12. The zero-order chi connectivity index (χ0) is 15.9. The molecule has 0 bridgehead atoms. The fourth-order valence-corrected chi connectivity index (χ4v) is 5.43. The Kier molecular flexibility index (Phi) is 2.97. The standard InChI is InChI=1S/C18H7Br2Cl2N/c19-12-7-13(20)17-11-6-9(22)2-4-15(11)23-14-3-1-8(21)5-10(14)16(12)18(17)23/h1-7H. The first kappa shape index (κ1) is 14.4. The van der Waals surface area contributed by atoms with E-state index in [1.807, 2.05) is 24.3 Å². The van der Waals surface area contributed by atoms with E-state index in [0.29, 0.717) is 0 Å². The molecule has 0 unspecified atom stereocenters. The van der Waals surface area contributed by atoms with E-state index in [9.17, 15) is 0 Å². The zero-order valence-corrected chi connectivity index (χ0v) is 16.2. The van der Waals surface area contributed by atoms with Crippen LogP contribution >= 0.6 is 55.1 Å². The lowest BCUT2D eigenvalue weighted by Crippen LogP contribution is -1.79. The van der Waals surface area contributed by atoms with Crippen molar-refractivity contribution < 1.29 is 0 Å². The van der Waals surface area contributed by atoms with Crippen LogP contribution in [0.25, 0.3) is 38.1 Å². The van der Waals surface area contributed by atoms with Crippen LogP contribution < -0.4 is 0 Å². The third kappa shape index (κ3) is 1.79. The number of rotatable bonds is 0. The second-order valence-electron chi connectivity index (χ2n) is 5.60. The lowest BCUT2D eigenvalue weighted by atomic mass is 10.1. The number of benzene rings is 3. The third-order valence-corrected chi connectivity index (χ3v) is 6.09. The van der Waals surface area contributed by atoms with E-state index in [2.05, 4.69) is 54.5 Å². The van der Waals surface area contributed by atoms with Crippen molar-refractivity contribution in [2.45, 2.75) is 0 Å². The summed E-state index contributed by atoms with van der Waals surface area (Å²) in [6.07, 6.45) is 0. The van der Waals surface area contributed by atoms with Crippen molar-refractivity contribution in [2.75, 3.05) is 0 Å². The quantitative estimate of drug-likeness (QED) is 0.220. The average molecular weight is 468 g/mol. The van der Waals surface area contributed by atoms with Crippen molar-refractivity contribution >= 4 is 93.2 Å². The van der Waals surface area contributed by atoms with Gasteiger partial charge < -0.3 is 4.40 Å². The number of aromatic nitrogens is 1. The van der Waals surface area contributed by atoms with Gasteiger partial charge in [-0.3, -0.25) is 0 Å². The average Bonchev–Trinajstić information content (AvgIpc) is 2.98. The van der Waals surface area contributed by atoms with Gasteiger partial charge in [-0.25, -0.2) is 0 Å². The number of nitrogens with zero attached hydrogens (tertiary/aromatic N) is 1. The van der Waals surface area contributed by atoms with Crippen molar-refractivity contribution in [3.8, 4) is 0 Å². The van der Waals surface area contributed by atoms with Gasteiger partial charge in [0.2, 0.25) is 0 Å². The van der Waals surface area contributed by atoms with Gasteiger partial charge in [-0.05, 0) is 42.5 Å². The molecule has 2 aromatic heterocycles. The van der Waals surface area contributed by atoms with Crippen LogP contribution in [0.3, 0.4) is 0 Å². The Morgan fingerprint density at radius 3 is 1.65 bits per heavy atom. The Morgan fingerprint density at radius 2 is 1.17 bits per heavy atom. The molecule has 0 aliphatic rings. The summed E-state index contributed by atoms with van der Waals surface area (Å²) in [7, 11) is 0. The smallest absolute Gasteiger partial charge is 0.0643 e. The van der Waals surface area contributed by atoms with E-state index < -0.39 is 0 Å². The molecule has 0 saturated heterocycles. The normalized spacial score (nSPS) is 12.3. The lowest BCUT2D eigenvalue weighted by Gasteiger charge is -2.02. The Balaban J connectivity index is 2.26.